The Morgan fingerprint density at radius 3 is 0.977 bits per heavy atom. The standard InChI is InChI=1S/C78H129NO8/c1-6-8-10-12-14-16-18-20-22-24-26-28-30-32-34-35-36-37-38-39-40-41-43-45-47-49-51-53-55-57-59-61-63-65-67-69-76(81)87-74(73-86-78(77(82)83)84-71-70-79(3,4)5)72-85-75(80)68-66-64-62-60-58-56-54-52-50-48-46-44-42-33-31-29-27-25-23-21-19-17-15-13-11-9-7-2/h8,10,14,16,19-22,25-28,32,34,36-37,39-40,43,45,49,51,55,57,74,78H,6-7,9,11-13,15,17-18,23-24,29-31,33,35,38,41-42,44,46-48,50,52-54,56,58-73H2,1-5H3/p+1/b10-8-,16-14-,21-19-,22-20-,27-25-,28-26-,34-32-,37-36-,40-39-,45-43-,51-49-,57-55-. The van der Waals surface area contributed by atoms with Gasteiger partial charge in [-0.1, -0.05) is 282 Å². The van der Waals surface area contributed by atoms with Crippen molar-refractivity contribution in [3.05, 3.63) is 146 Å². The number of carboxylic acid groups (broad SMARTS) is 1. The molecule has 0 radical (unpaired) electrons. The van der Waals surface area contributed by atoms with Crippen LogP contribution in [0.5, 0.6) is 0 Å². The lowest BCUT2D eigenvalue weighted by Crippen LogP contribution is -2.40. The first-order valence-electron chi connectivity index (χ1n) is 35.0. The first-order valence-corrected chi connectivity index (χ1v) is 35.0. The Kier molecular flexibility index (Phi) is 63.4. The van der Waals surface area contributed by atoms with Crippen molar-refractivity contribution >= 4 is 17.9 Å². The van der Waals surface area contributed by atoms with E-state index >= 15 is 0 Å². The Bertz CT molecular complexity index is 1940. The Morgan fingerprint density at radius 1 is 0.356 bits per heavy atom. The van der Waals surface area contributed by atoms with Crippen molar-refractivity contribution in [1.29, 1.82) is 0 Å². The van der Waals surface area contributed by atoms with Crippen molar-refractivity contribution in [2.45, 2.75) is 283 Å². The molecule has 0 aliphatic rings. The minimum Gasteiger partial charge on any atom is -0.477 e. The molecule has 0 spiro atoms. The zero-order valence-corrected chi connectivity index (χ0v) is 56.4. The number of carbonyl (C=O) groups is 3. The van der Waals surface area contributed by atoms with Gasteiger partial charge in [0.2, 0.25) is 0 Å². The number of nitrogens with zero attached hydrogens (tertiary/aromatic N) is 1. The normalized spacial score (nSPS) is 13.6. The van der Waals surface area contributed by atoms with Gasteiger partial charge in [0, 0.05) is 12.8 Å². The molecule has 0 heterocycles. The van der Waals surface area contributed by atoms with Crippen molar-refractivity contribution in [3.8, 4) is 0 Å². The van der Waals surface area contributed by atoms with Crippen LogP contribution in [0.3, 0.4) is 0 Å². The quantitative estimate of drug-likeness (QED) is 0.0211. The van der Waals surface area contributed by atoms with E-state index in [1.54, 1.807) is 0 Å². The van der Waals surface area contributed by atoms with Gasteiger partial charge in [0.05, 0.1) is 34.4 Å². The molecular formula is C78H130NO8+. The summed E-state index contributed by atoms with van der Waals surface area (Å²) >= 11 is 0. The van der Waals surface area contributed by atoms with Crippen molar-refractivity contribution in [1.82, 2.24) is 0 Å². The van der Waals surface area contributed by atoms with Gasteiger partial charge in [-0.25, -0.2) is 4.79 Å². The van der Waals surface area contributed by atoms with Crippen LogP contribution in [0.4, 0.5) is 0 Å². The van der Waals surface area contributed by atoms with E-state index < -0.39 is 24.3 Å². The maximum absolute atomic E-state index is 12.9. The lowest BCUT2D eigenvalue weighted by molar-refractivity contribution is -0.870. The number of carboxylic acids is 1. The smallest absolute Gasteiger partial charge is 0.361 e. The van der Waals surface area contributed by atoms with E-state index in [4.69, 9.17) is 18.9 Å². The Hall–Kier alpha value is -4.83. The fraction of sp³-hybridized carbons (Fsp3) is 0.654. The molecule has 87 heavy (non-hydrogen) atoms. The molecule has 0 aliphatic carbocycles. The highest BCUT2D eigenvalue weighted by Crippen LogP contribution is 2.16. The van der Waals surface area contributed by atoms with Gasteiger partial charge in [-0.05, 0) is 122 Å². The lowest BCUT2D eigenvalue weighted by atomic mass is 10.0. The van der Waals surface area contributed by atoms with E-state index in [0.29, 0.717) is 17.4 Å². The van der Waals surface area contributed by atoms with Crippen LogP contribution in [0.25, 0.3) is 0 Å². The van der Waals surface area contributed by atoms with Gasteiger partial charge < -0.3 is 28.5 Å². The number of hydrogen-bond donors (Lipinski definition) is 1. The topological polar surface area (TPSA) is 108 Å². The summed E-state index contributed by atoms with van der Waals surface area (Å²) < 4.78 is 22.9. The van der Waals surface area contributed by atoms with Crippen molar-refractivity contribution in [2.75, 3.05) is 47.5 Å². The molecule has 9 nitrogen and oxygen atoms in total. The van der Waals surface area contributed by atoms with Crippen molar-refractivity contribution in [3.63, 3.8) is 0 Å². The molecule has 2 unspecified atom stereocenters. The highest BCUT2D eigenvalue weighted by atomic mass is 16.7. The van der Waals surface area contributed by atoms with E-state index in [9.17, 15) is 19.5 Å². The third kappa shape index (κ3) is 68.5. The largest absolute Gasteiger partial charge is 0.477 e. The fourth-order valence-corrected chi connectivity index (χ4v) is 9.25. The molecule has 0 saturated carbocycles. The maximum atomic E-state index is 12.9. The lowest BCUT2D eigenvalue weighted by Gasteiger charge is -2.25. The summed E-state index contributed by atoms with van der Waals surface area (Å²) in [4.78, 5) is 37.6. The average molecular weight is 1210 g/mol. The molecule has 0 amide bonds. The van der Waals surface area contributed by atoms with Crippen LogP contribution in [-0.4, -0.2) is 87.4 Å². The second-order valence-corrected chi connectivity index (χ2v) is 24.1. The number of esters is 2. The summed E-state index contributed by atoms with van der Waals surface area (Å²) in [6.07, 6.45) is 95.2. The van der Waals surface area contributed by atoms with Crippen LogP contribution in [0.2, 0.25) is 0 Å². The molecule has 2 atom stereocenters. The third-order valence-corrected chi connectivity index (χ3v) is 14.6. The molecule has 0 bridgehead atoms. The van der Waals surface area contributed by atoms with E-state index in [1.807, 2.05) is 21.1 Å². The summed E-state index contributed by atoms with van der Waals surface area (Å²) in [5.74, 6) is -2.05. The summed E-state index contributed by atoms with van der Waals surface area (Å²) in [7, 11) is 5.96. The Labute approximate surface area is 534 Å². The summed E-state index contributed by atoms with van der Waals surface area (Å²) in [6, 6.07) is 0. The first kappa shape index (κ1) is 82.2. The molecule has 0 saturated heterocycles. The molecule has 1 N–H and O–H groups in total. The number of aliphatic carboxylic acids is 1. The van der Waals surface area contributed by atoms with Gasteiger partial charge in [0.15, 0.2) is 6.10 Å². The molecule has 0 aliphatic heterocycles. The summed E-state index contributed by atoms with van der Waals surface area (Å²) in [6.45, 7) is 4.72. The second-order valence-electron chi connectivity index (χ2n) is 24.1. The van der Waals surface area contributed by atoms with Gasteiger partial charge in [-0.2, -0.15) is 0 Å². The number of quaternary nitrogens is 1. The number of rotatable bonds is 63. The summed E-state index contributed by atoms with van der Waals surface area (Å²) in [5, 5.41) is 9.75. The van der Waals surface area contributed by atoms with Crippen LogP contribution in [0.15, 0.2) is 146 Å². The van der Waals surface area contributed by atoms with Crippen molar-refractivity contribution in [2.24, 2.45) is 0 Å². The third-order valence-electron chi connectivity index (χ3n) is 14.6. The van der Waals surface area contributed by atoms with Gasteiger partial charge >= 0.3 is 17.9 Å². The maximum Gasteiger partial charge on any atom is 0.361 e. The first-order chi connectivity index (χ1) is 42.6. The SMILES string of the molecule is CC/C=C\C/C=C\C/C=C\C/C=C\C/C=C\C/C=C\C/C=C\C/C=C\C/C=C\C/C=C\CCCCCCC(=O)OC(COC(=O)CCCCCCCCCCCCCCCCC/C=C\C/C=C\CCCCCCC)COC(OCC[N+](C)(C)C)C(=O)O. The summed E-state index contributed by atoms with van der Waals surface area (Å²) in [5.41, 5.74) is 0. The van der Waals surface area contributed by atoms with E-state index in [-0.39, 0.29) is 38.6 Å². The number of allylic oxidation sites excluding steroid dienone is 24. The minimum absolute atomic E-state index is 0.175. The van der Waals surface area contributed by atoms with Crippen LogP contribution in [0, 0.1) is 0 Å². The average Bonchev–Trinajstić information content (AvgIpc) is 3.56. The Balaban J connectivity index is 4.24. The molecule has 0 aromatic rings. The minimum atomic E-state index is -1.53. The van der Waals surface area contributed by atoms with Crippen molar-refractivity contribution < 1.29 is 42.9 Å². The van der Waals surface area contributed by atoms with Gasteiger partial charge in [-0.3, -0.25) is 9.59 Å². The predicted molar refractivity (Wildman–Crippen MR) is 373 cm³/mol. The molecule has 0 aromatic carbocycles. The zero-order valence-electron chi connectivity index (χ0n) is 56.4. The molecule has 9 heteroatoms. The monoisotopic (exact) mass is 1210 g/mol. The van der Waals surface area contributed by atoms with Crippen LogP contribution < -0.4 is 0 Å². The number of ether oxygens (including phenoxy) is 4. The van der Waals surface area contributed by atoms with Crippen LogP contribution in [-0.2, 0) is 33.3 Å². The second kappa shape index (κ2) is 67.1. The predicted octanol–water partition coefficient (Wildman–Crippen LogP) is 21.9. The molecule has 0 aromatic heterocycles. The van der Waals surface area contributed by atoms with Crippen LogP contribution in [0.1, 0.15) is 271 Å². The molecule has 0 fully saturated rings. The number of hydrogen-bond acceptors (Lipinski definition) is 7. The molecule has 494 valence electrons. The van der Waals surface area contributed by atoms with E-state index in [0.717, 1.165) is 116 Å². The zero-order chi connectivity index (χ0) is 63.3. The van der Waals surface area contributed by atoms with Gasteiger partial charge in [0.1, 0.15) is 13.2 Å². The number of carbonyl (C=O) groups excluding carboxylic acids is 2. The molecular weight excluding hydrogens is 1080 g/mol. The van der Waals surface area contributed by atoms with Gasteiger partial charge in [-0.15, -0.1) is 0 Å². The van der Waals surface area contributed by atoms with Gasteiger partial charge in [0.25, 0.3) is 6.29 Å². The Morgan fingerprint density at radius 2 is 0.655 bits per heavy atom. The highest BCUT2D eigenvalue weighted by molar-refractivity contribution is 5.71. The van der Waals surface area contributed by atoms with E-state index in [1.165, 1.54) is 122 Å². The van der Waals surface area contributed by atoms with E-state index in [2.05, 4.69) is 160 Å². The number of unbranched alkanes of at least 4 members (excludes halogenated alkanes) is 24. The molecule has 0 rings (SSSR count). The fourth-order valence-electron chi connectivity index (χ4n) is 9.25. The highest BCUT2D eigenvalue weighted by Gasteiger charge is 2.25. The number of likely N-dealkylation sites (N-methyl/N-ethyl adjacent to an activating group) is 1. The van der Waals surface area contributed by atoms with Crippen LogP contribution >= 0.6 is 0 Å².